The Labute approximate surface area is 272 Å². The van der Waals surface area contributed by atoms with Crippen LogP contribution in [0.1, 0.15) is 67.4 Å². The number of amides is 1. The van der Waals surface area contributed by atoms with Gasteiger partial charge in [-0.25, -0.2) is 13.1 Å². The van der Waals surface area contributed by atoms with E-state index < -0.39 is 21.2 Å². The number of anilines is 1. The number of benzene rings is 2. The van der Waals surface area contributed by atoms with Crippen molar-refractivity contribution in [3.8, 4) is 5.75 Å². The molecule has 0 radical (unpaired) electrons. The SMILES string of the molecule is COCCO[C@H]1/C=C\[C@@H](C)C[C@@H](C)S(=O)(=O)NC(=O)c2ccc3c(c2)N(C[C@@H]2CC[C@H]21)C[C@@]1(CCCc2cc(Cl)ccc21)CO3. The van der Waals surface area contributed by atoms with Crippen LogP contribution in [0.15, 0.2) is 48.6 Å². The molecule has 0 unspecified atom stereocenters. The number of methoxy groups -OCH3 is 1. The van der Waals surface area contributed by atoms with Crippen molar-refractivity contribution in [2.45, 2.75) is 69.1 Å². The second-order valence-electron chi connectivity index (χ2n) is 13.5. The number of sulfonamides is 1. The summed E-state index contributed by atoms with van der Waals surface area (Å²) in [5, 5.41) is -0.00790. The minimum absolute atomic E-state index is 0.0139. The first kappa shape index (κ1) is 32.4. The van der Waals surface area contributed by atoms with Crippen LogP contribution in [0, 0.1) is 17.8 Å². The average Bonchev–Trinajstić information content (AvgIpc) is 3.14. The molecule has 2 aliphatic carbocycles. The second kappa shape index (κ2) is 13.3. The maximum absolute atomic E-state index is 13.4. The molecule has 1 N–H and O–H groups in total. The molecule has 1 fully saturated rings. The first-order valence-electron chi connectivity index (χ1n) is 16.2. The van der Waals surface area contributed by atoms with E-state index in [9.17, 15) is 13.2 Å². The van der Waals surface area contributed by atoms with Gasteiger partial charge in [0.05, 0.1) is 36.9 Å². The number of hydrogen-bond donors (Lipinski definition) is 1. The Morgan fingerprint density at radius 1 is 1.11 bits per heavy atom. The molecule has 0 aromatic heterocycles. The molecular formula is C35H45ClN2O6S. The highest BCUT2D eigenvalue weighted by Crippen LogP contribution is 2.47. The molecule has 10 heteroatoms. The lowest BCUT2D eigenvalue weighted by Gasteiger charge is -2.46. The summed E-state index contributed by atoms with van der Waals surface area (Å²) >= 11 is 6.43. The topological polar surface area (TPSA) is 94.2 Å². The van der Waals surface area contributed by atoms with Gasteiger partial charge in [-0.2, -0.15) is 0 Å². The van der Waals surface area contributed by atoms with Gasteiger partial charge in [-0.05, 0) is 105 Å². The molecule has 0 saturated heterocycles. The zero-order valence-corrected chi connectivity index (χ0v) is 28.0. The van der Waals surface area contributed by atoms with Crippen LogP contribution in [0.3, 0.4) is 0 Å². The number of ether oxygens (including phenoxy) is 3. The van der Waals surface area contributed by atoms with Crippen molar-refractivity contribution in [2.24, 2.45) is 17.8 Å². The van der Waals surface area contributed by atoms with Crippen molar-refractivity contribution in [1.29, 1.82) is 0 Å². The van der Waals surface area contributed by atoms with Crippen LogP contribution in [0.4, 0.5) is 5.69 Å². The normalized spacial score (nSPS) is 31.9. The summed E-state index contributed by atoms with van der Waals surface area (Å²) in [5.74, 6) is 0.759. The summed E-state index contributed by atoms with van der Waals surface area (Å²) in [5.41, 5.74) is 3.42. The molecule has 2 heterocycles. The molecular weight excluding hydrogens is 612 g/mol. The third-order valence-corrected chi connectivity index (χ3v) is 12.3. The van der Waals surface area contributed by atoms with E-state index >= 15 is 0 Å². The van der Waals surface area contributed by atoms with Gasteiger partial charge in [0.15, 0.2) is 0 Å². The number of nitrogens with zero attached hydrogens (tertiary/aromatic N) is 1. The average molecular weight is 657 g/mol. The summed E-state index contributed by atoms with van der Waals surface area (Å²) in [6, 6.07) is 11.5. The summed E-state index contributed by atoms with van der Waals surface area (Å²) < 4.78 is 47.1. The Morgan fingerprint density at radius 3 is 2.73 bits per heavy atom. The van der Waals surface area contributed by atoms with Crippen molar-refractivity contribution in [3.63, 3.8) is 0 Å². The lowest BCUT2D eigenvalue weighted by Crippen LogP contribution is -2.49. The Balaban J connectivity index is 1.41. The summed E-state index contributed by atoms with van der Waals surface area (Å²) in [6.07, 6.45) is 9.63. The zero-order chi connectivity index (χ0) is 31.8. The smallest absolute Gasteiger partial charge is 0.264 e. The first-order valence-corrected chi connectivity index (χ1v) is 18.2. The lowest BCUT2D eigenvalue weighted by atomic mass is 9.68. The maximum Gasteiger partial charge on any atom is 0.264 e. The van der Waals surface area contributed by atoms with Gasteiger partial charge >= 0.3 is 0 Å². The number of allylic oxidation sites excluding steroid dienone is 1. The van der Waals surface area contributed by atoms with Crippen LogP contribution in [-0.4, -0.2) is 65.7 Å². The van der Waals surface area contributed by atoms with Crippen molar-refractivity contribution < 1.29 is 27.4 Å². The summed E-state index contributed by atoms with van der Waals surface area (Å²) in [4.78, 5) is 15.8. The van der Waals surface area contributed by atoms with Gasteiger partial charge in [-0.15, -0.1) is 0 Å². The fourth-order valence-corrected chi connectivity index (χ4v) is 9.03. The van der Waals surface area contributed by atoms with Gasteiger partial charge in [0, 0.05) is 36.2 Å². The Bertz CT molecular complexity index is 1550. The van der Waals surface area contributed by atoms with Gasteiger partial charge in [0.1, 0.15) is 5.75 Å². The second-order valence-corrected chi connectivity index (χ2v) is 16.0. The third kappa shape index (κ3) is 6.78. The highest BCUT2D eigenvalue weighted by atomic mass is 35.5. The van der Waals surface area contributed by atoms with E-state index in [0.717, 1.165) is 55.9 Å². The van der Waals surface area contributed by atoms with Crippen LogP contribution in [-0.2, 0) is 31.3 Å². The quantitative estimate of drug-likeness (QED) is 0.323. The first-order chi connectivity index (χ1) is 21.6. The van der Waals surface area contributed by atoms with E-state index in [2.05, 4.69) is 33.9 Å². The minimum atomic E-state index is -3.90. The van der Waals surface area contributed by atoms with Crippen LogP contribution in [0.5, 0.6) is 5.75 Å². The van der Waals surface area contributed by atoms with Crippen molar-refractivity contribution in [2.75, 3.05) is 44.9 Å². The van der Waals surface area contributed by atoms with E-state index in [0.29, 0.717) is 49.4 Å². The van der Waals surface area contributed by atoms with Gasteiger partial charge in [-0.1, -0.05) is 36.7 Å². The number of carbonyl (C=O) groups excluding carboxylic acids is 1. The number of rotatable bonds is 4. The minimum Gasteiger partial charge on any atom is -0.490 e. The van der Waals surface area contributed by atoms with E-state index in [1.54, 1.807) is 20.1 Å². The molecule has 1 saturated carbocycles. The van der Waals surface area contributed by atoms with Crippen molar-refractivity contribution in [3.05, 3.63) is 70.3 Å². The number of hydrogen-bond acceptors (Lipinski definition) is 7. The van der Waals surface area contributed by atoms with Crippen LogP contribution in [0.2, 0.25) is 5.02 Å². The Morgan fingerprint density at radius 2 is 1.96 bits per heavy atom. The van der Waals surface area contributed by atoms with E-state index in [4.69, 9.17) is 25.8 Å². The van der Waals surface area contributed by atoms with Crippen molar-refractivity contribution in [1.82, 2.24) is 4.72 Å². The molecule has 1 amide bonds. The predicted molar refractivity (Wildman–Crippen MR) is 177 cm³/mol. The van der Waals surface area contributed by atoms with E-state index in [1.165, 1.54) is 11.1 Å². The van der Waals surface area contributed by atoms with E-state index in [1.807, 2.05) is 25.1 Å². The highest BCUT2D eigenvalue weighted by Gasteiger charge is 2.44. The Hall–Kier alpha value is -2.59. The predicted octanol–water partition coefficient (Wildman–Crippen LogP) is 5.92. The molecule has 1 spiro atoms. The third-order valence-electron chi connectivity index (χ3n) is 10.3. The molecule has 2 bridgehead atoms. The van der Waals surface area contributed by atoms with Gasteiger partial charge in [0.25, 0.3) is 5.91 Å². The van der Waals surface area contributed by atoms with Crippen LogP contribution >= 0.6 is 11.6 Å². The van der Waals surface area contributed by atoms with Gasteiger partial charge in [0.2, 0.25) is 10.0 Å². The fraction of sp³-hybridized carbons (Fsp3) is 0.571. The molecule has 6 rings (SSSR count). The fourth-order valence-electron chi connectivity index (χ4n) is 7.70. The zero-order valence-electron chi connectivity index (χ0n) is 26.5. The molecule has 2 aliphatic heterocycles. The molecule has 6 atom stereocenters. The molecule has 4 aliphatic rings. The van der Waals surface area contributed by atoms with Crippen LogP contribution in [0.25, 0.3) is 0 Å². The number of fused-ring (bicyclic) bond motifs is 4. The summed E-state index contributed by atoms with van der Waals surface area (Å²) in [6.45, 7) is 6.68. The number of carbonyl (C=O) groups is 1. The van der Waals surface area contributed by atoms with Gasteiger partial charge in [-0.3, -0.25) is 4.79 Å². The lowest BCUT2D eigenvalue weighted by molar-refractivity contribution is -0.0310. The number of nitrogens with one attached hydrogen (secondary N) is 1. The van der Waals surface area contributed by atoms with Gasteiger partial charge < -0.3 is 19.1 Å². The Kier molecular flexibility index (Phi) is 9.53. The standard InChI is InChI=1S/C35H45ClN2O6S/c1-23-6-12-32(43-16-15-42-3)29-10-7-27(29)20-38-21-35(14-4-5-25-18-28(36)9-11-30(25)35)22-44-33-13-8-26(19-31(33)38)34(39)37-45(40,41)24(2)17-23/h6,8-9,11-13,18-19,23-24,27,29,32H,4-5,7,10,14-17,20-22H2,1-3H3,(H,37,39)/b12-6-/t23-,24-,27+,29-,32+,35+/m1/s1. The summed E-state index contributed by atoms with van der Waals surface area (Å²) in [7, 11) is -2.22. The maximum atomic E-state index is 13.4. The molecule has 45 heavy (non-hydrogen) atoms. The molecule has 2 aromatic carbocycles. The largest absolute Gasteiger partial charge is 0.490 e. The highest BCUT2D eigenvalue weighted by molar-refractivity contribution is 7.90. The molecule has 2 aromatic rings. The van der Waals surface area contributed by atoms with E-state index in [-0.39, 0.29) is 17.4 Å². The van der Waals surface area contributed by atoms with Crippen molar-refractivity contribution >= 4 is 33.2 Å². The van der Waals surface area contributed by atoms with Crippen LogP contribution < -0.4 is 14.4 Å². The molecule has 244 valence electrons. The monoisotopic (exact) mass is 656 g/mol. The molecule has 8 nitrogen and oxygen atoms in total. The number of halogens is 1. The number of aryl methyl sites for hydroxylation is 1.